The minimum absolute atomic E-state index is 0.277. The van der Waals surface area contributed by atoms with Gasteiger partial charge in [-0.15, -0.1) is 47.0 Å². The Bertz CT molecular complexity index is 590. The first kappa shape index (κ1) is 28.8. The van der Waals surface area contributed by atoms with Crippen LogP contribution >= 0.6 is 70.6 Å². The molecular weight excluding hydrogens is 521 g/mol. The van der Waals surface area contributed by atoms with Crippen molar-refractivity contribution < 1.29 is 19.1 Å². The normalized spacial score (nSPS) is 24.9. The standard InChI is InChI=1S/C22H34O4S6/c1-15(2)21(23)25-9-17-11-29-19(31-17)13-27-7-5-6-8-28-14-20-30-12-18(32-20)10-26-22(24)16(3)4/h17-20H,1,3,5-14H2,2,4H3. The molecule has 2 saturated heterocycles. The lowest BCUT2D eigenvalue weighted by Gasteiger charge is -2.11. The van der Waals surface area contributed by atoms with Crippen molar-refractivity contribution in [2.45, 2.75) is 46.4 Å². The van der Waals surface area contributed by atoms with E-state index >= 15 is 0 Å². The predicted octanol–water partition coefficient (Wildman–Crippen LogP) is 5.82. The minimum atomic E-state index is -0.277. The van der Waals surface area contributed by atoms with Gasteiger partial charge in [-0.1, -0.05) is 13.2 Å². The van der Waals surface area contributed by atoms with Gasteiger partial charge >= 0.3 is 11.9 Å². The zero-order valence-electron chi connectivity index (χ0n) is 18.9. The summed E-state index contributed by atoms with van der Waals surface area (Å²) in [7, 11) is 0. The van der Waals surface area contributed by atoms with Gasteiger partial charge in [-0.25, -0.2) is 9.59 Å². The van der Waals surface area contributed by atoms with Crippen LogP contribution in [0.15, 0.2) is 24.3 Å². The third-order valence-electron chi connectivity index (χ3n) is 4.46. The van der Waals surface area contributed by atoms with Gasteiger partial charge in [0.05, 0.1) is 9.16 Å². The van der Waals surface area contributed by atoms with Crippen LogP contribution in [0, 0.1) is 0 Å². The first-order valence-corrected chi connectivity index (χ1v) is 17.0. The number of rotatable bonds is 15. The molecule has 0 aliphatic carbocycles. The van der Waals surface area contributed by atoms with Gasteiger partial charge in [-0.05, 0) is 38.2 Å². The fourth-order valence-electron chi connectivity index (χ4n) is 2.72. The lowest BCUT2D eigenvalue weighted by molar-refractivity contribution is -0.139. The monoisotopic (exact) mass is 554 g/mol. The molecule has 4 unspecified atom stereocenters. The SMILES string of the molecule is C=C(C)C(=O)OCC1CSC(CSCCCCSCC2SCC(COC(=O)C(=C)C)S2)S1. The number of carbonyl (C=O) groups is 2. The average molecular weight is 555 g/mol. The maximum atomic E-state index is 11.5. The molecule has 182 valence electrons. The van der Waals surface area contributed by atoms with Crippen LogP contribution in [-0.2, 0) is 19.1 Å². The van der Waals surface area contributed by atoms with E-state index in [9.17, 15) is 9.59 Å². The third-order valence-corrected chi connectivity index (χ3v) is 14.1. The summed E-state index contributed by atoms with van der Waals surface area (Å²) in [6.07, 6.45) is 2.54. The molecule has 2 heterocycles. The van der Waals surface area contributed by atoms with Crippen LogP contribution in [0.2, 0.25) is 0 Å². The summed E-state index contributed by atoms with van der Waals surface area (Å²) >= 11 is 12.0. The van der Waals surface area contributed by atoms with E-state index in [2.05, 4.69) is 13.2 Å². The van der Waals surface area contributed by atoms with Crippen molar-refractivity contribution in [3.05, 3.63) is 24.3 Å². The van der Waals surface area contributed by atoms with Gasteiger partial charge in [0.15, 0.2) is 0 Å². The quantitative estimate of drug-likeness (QED) is 0.141. The molecule has 0 amide bonds. The fourth-order valence-corrected chi connectivity index (χ4v) is 12.1. The Labute approximate surface area is 218 Å². The Kier molecular flexibility index (Phi) is 14.6. The highest BCUT2D eigenvalue weighted by Gasteiger charge is 2.28. The molecule has 0 radical (unpaired) electrons. The lowest BCUT2D eigenvalue weighted by Crippen LogP contribution is -2.16. The molecule has 2 aliphatic rings. The van der Waals surface area contributed by atoms with Crippen LogP contribution in [0.25, 0.3) is 0 Å². The molecule has 0 aromatic rings. The zero-order chi connectivity index (χ0) is 23.3. The maximum Gasteiger partial charge on any atom is 0.333 e. The van der Waals surface area contributed by atoms with Crippen molar-refractivity contribution in [1.82, 2.24) is 0 Å². The molecule has 0 aromatic carbocycles. The summed E-state index contributed by atoms with van der Waals surface area (Å²) in [5.74, 6) is 6.34. The Morgan fingerprint density at radius 3 is 1.59 bits per heavy atom. The van der Waals surface area contributed by atoms with Gasteiger partial charge < -0.3 is 9.47 Å². The van der Waals surface area contributed by atoms with Crippen LogP contribution in [0.3, 0.4) is 0 Å². The zero-order valence-corrected chi connectivity index (χ0v) is 23.8. The highest BCUT2D eigenvalue weighted by molar-refractivity contribution is 8.22. The van der Waals surface area contributed by atoms with Crippen LogP contribution in [0.5, 0.6) is 0 Å². The smallest absolute Gasteiger partial charge is 0.333 e. The number of unbranched alkanes of at least 4 members (excludes halogenated alkanes) is 1. The van der Waals surface area contributed by atoms with Crippen molar-refractivity contribution in [2.24, 2.45) is 0 Å². The molecular formula is C22H34O4S6. The molecule has 0 N–H and O–H groups in total. The largest absolute Gasteiger partial charge is 0.461 e. The summed E-state index contributed by atoms with van der Waals surface area (Å²) < 4.78 is 11.8. The molecule has 0 spiro atoms. The van der Waals surface area contributed by atoms with Crippen LogP contribution in [-0.4, -0.2) is 79.3 Å². The molecule has 4 nitrogen and oxygen atoms in total. The van der Waals surface area contributed by atoms with Crippen molar-refractivity contribution in [3.63, 3.8) is 0 Å². The van der Waals surface area contributed by atoms with E-state index in [0.717, 1.165) is 11.5 Å². The molecule has 32 heavy (non-hydrogen) atoms. The summed E-state index contributed by atoms with van der Waals surface area (Å²) in [5.41, 5.74) is 0.940. The predicted molar refractivity (Wildman–Crippen MR) is 151 cm³/mol. The first-order valence-electron chi connectivity index (χ1n) is 10.7. The van der Waals surface area contributed by atoms with E-state index < -0.39 is 0 Å². The summed E-state index contributed by atoms with van der Waals surface area (Å²) in [5, 5.41) is 0.823. The van der Waals surface area contributed by atoms with E-state index in [1.807, 2.05) is 70.6 Å². The molecule has 0 aromatic heterocycles. The van der Waals surface area contributed by atoms with Gasteiger partial charge in [0.1, 0.15) is 13.2 Å². The molecule has 0 bridgehead atoms. The Morgan fingerprint density at radius 2 is 1.22 bits per heavy atom. The van der Waals surface area contributed by atoms with E-state index in [1.54, 1.807) is 13.8 Å². The highest BCUT2D eigenvalue weighted by Crippen LogP contribution is 2.41. The fraction of sp³-hybridized carbons (Fsp3) is 0.727. The Balaban J connectivity index is 1.39. The first-order chi connectivity index (χ1) is 15.3. The molecule has 2 rings (SSSR count). The molecule has 10 heteroatoms. The van der Waals surface area contributed by atoms with E-state index in [4.69, 9.17) is 9.47 Å². The second-order valence-corrected chi connectivity index (χ2v) is 16.0. The molecule has 4 atom stereocenters. The molecule has 2 aliphatic heterocycles. The Morgan fingerprint density at radius 1 is 0.812 bits per heavy atom. The molecule has 0 saturated carbocycles. The van der Waals surface area contributed by atoms with Gasteiger partial charge in [-0.2, -0.15) is 23.5 Å². The van der Waals surface area contributed by atoms with E-state index in [-0.39, 0.29) is 11.9 Å². The van der Waals surface area contributed by atoms with Gasteiger partial charge in [0.2, 0.25) is 0 Å². The van der Waals surface area contributed by atoms with Gasteiger partial charge in [0, 0.05) is 44.7 Å². The number of esters is 2. The number of ether oxygens (including phenoxy) is 2. The van der Waals surface area contributed by atoms with Crippen LogP contribution in [0.1, 0.15) is 26.7 Å². The van der Waals surface area contributed by atoms with Crippen molar-refractivity contribution in [3.8, 4) is 0 Å². The second kappa shape index (κ2) is 16.2. The number of carbonyl (C=O) groups excluding carboxylic acids is 2. The van der Waals surface area contributed by atoms with Crippen molar-refractivity contribution in [1.29, 1.82) is 0 Å². The van der Waals surface area contributed by atoms with Crippen molar-refractivity contribution >= 4 is 82.5 Å². The van der Waals surface area contributed by atoms with Crippen molar-refractivity contribution in [2.75, 3.05) is 47.7 Å². The number of hydrogen-bond acceptors (Lipinski definition) is 10. The van der Waals surface area contributed by atoms with Gasteiger partial charge in [-0.3, -0.25) is 0 Å². The van der Waals surface area contributed by atoms with Crippen LogP contribution < -0.4 is 0 Å². The van der Waals surface area contributed by atoms with E-state index in [1.165, 1.54) is 35.9 Å². The minimum Gasteiger partial charge on any atom is -0.461 e. The van der Waals surface area contributed by atoms with E-state index in [0.29, 0.717) is 44.0 Å². The maximum absolute atomic E-state index is 11.5. The Hall–Kier alpha value is 0.520. The number of thioether (sulfide) groups is 6. The average Bonchev–Trinajstić information content (AvgIpc) is 3.41. The van der Waals surface area contributed by atoms with Gasteiger partial charge in [0.25, 0.3) is 0 Å². The third kappa shape index (κ3) is 11.8. The topological polar surface area (TPSA) is 52.6 Å². The summed E-state index contributed by atoms with van der Waals surface area (Å²) in [4.78, 5) is 23.0. The second-order valence-electron chi connectivity index (χ2n) is 7.66. The summed E-state index contributed by atoms with van der Waals surface area (Å²) in [6, 6.07) is 0. The lowest BCUT2D eigenvalue weighted by atomic mass is 10.4. The summed E-state index contributed by atoms with van der Waals surface area (Å²) in [6.45, 7) is 11.6. The number of hydrogen-bond donors (Lipinski definition) is 0. The van der Waals surface area contributed by atoms with Crippen LogP contribution in [0.4, 0.5) is 0 Å². The molecule has 2 fully saturated rings. The highest BCUT2D eigenvalue weighted by atomic mass is 32.2.